The van der Waals surface area contributed by atoms with Gasteiger partial charge in [-0.2, -0.15) is 0 Å². The molecule has 1 fully saturated rings. The van der Waals surface area contributed by atoms with Crippen LogP contribution in [0.1, 0.15) is 13.8 Å². The Morgan fingerprint density at radius 2 is 2.00 bits per heavy atom. The van der Waals surface area contributed by atoms with E-state index in [9.17, 15) is 0 Å². The highest BCUT2D eigenvalue weighted by molar-refractivity contribution is 4.78. The Morgan fingerprint density at radius 3 is 2.33 bits per heavy atom. The Kier molecular flexibility index (Phi) is 6.34. The number of hydrogen-bond acceptors (Lipinski definition) is 3. The second kappa shape index (κ2) is 6.40. The molecule has 1 N–H and O–H groups in total. The topological polar surface area (TPSA) is 18.5 Å². The summed E-state index contributed by atoms with van der Waals surface area (Å²) >= 11 is 0. The summed E-state index contributed by atoms with van der Waals surface area (Å²) < 4.78 is 0. The molecule has 0 aliphatic carbocycles. The summed E-state index contributed by atoms with van der Waals surface area (Å²) in [6.07, 6.45) is 0. The summed E-state index contributed by atoms with van der Waals surface area (Å²) in [4.78, 5) is 4.58. The first-order chi connectivity index (χ1) is 5.70. The molecule has 3 heteroatoms. The van der Waals surface area contributed by atoms with Crippen molar-refractivity contribution in [2.75, 3.05) is 40.9 Å². The molecule has 1 atom stereocenters. The van der Waals surface area contributed by atoms with Crippen molar-refractivity contribution in [1.82, 2.24) is 15.1 Å². The van der Waals surface area contributed by atoms with Crippen LogP contribution >= 0.6 is 0 Å². The lowest BCUT2D eigenvalue weighted by Crippen LogP contribution is -2.36. The maximum Gasteiger partial charge on any atom is 0.0481 e. The summed E-state index contributed by atoms with van der Waals surface area (Å²) in [6, 6.07) is 0.704. The van der Waals surface area contributed by atoms with Crippen molar-refractivity contribution in [3.05, 3.63) is 0 Å². The lowest BCUT2D eigenvalue weighted by atomic mass is 10.3. The van der Waals surface area contributed by atoms with E-state index < -0.39 is 0 Å². The lowest BCUT2D eigenvalue weighted by Gasteiger charge is -2.21. The normalized spacial score (nSPS) is 24.0. The molecule has 0 spiro atoms. The van der Waals surface area contributed by atoms with Crippen LogP contribution in [0, 0.1) is 0 Å². The fraction of sp³-hybridized carbons (Fsp3) is 1.00. The van der Waals surface area contributed by atoms with Crippen molar-refractivity contribution in [3.63, 3.8) is 0 Å². The highest BCUT2D eigenvalue weighted by Crippen LogP contribution is 2.00. The van der Waals surface area contributed by atoms with Gasteiger partial charge >= 0.3 is 0 Å². The van der Waals surface area contributed by atoms with E-state index in [1.807, 2.05) is 13.8 Å². The fourth-order valence-corrected chi connectivity index (χ4v) is 1.32. The molecule has 0 aromatic rings. The van der Waals surface area contributed by atoms with Crippen LogP contribution in [0.5, 0.6) is 0 Å². The third kappa shape index (κ3) is 4.04. The third-order valence-electron chi connectivity index (χ3n) is 1.94. The molecule has 0 amide bonds. The molecule has 1 saturated heterocycles. The van der Waals surface area contributed by atoms with E-state index in [1.165, 1.54) is 0 Å². The van der Waals surface area contributed by atoms with Crippen molar-refractivity contribution < 1.29 is 0 Å². The molecule has 0 aromatic heterocycles. The van der Waals surface area contributed by atoms with Crippen LogP contribution in [-0.2, 0) is 0 Å². The number of nitrogens with zero attached hydrogens (tertiary/aromatic N) is 2. The number of hydrogen-bond donors (Lipinski definition) is 1. The largest absolute Gasteiger partial charge is 0.308 e. The predicted molar refractivity (Wildman–Crippen MR) is 54.3 cm³/mol. The van der Waals surface area contributed by atoms with Gasteiger partial charge in [0.25, 0.3) is 0 Å². The van der Waals surface area contributed by atoms with E-state index in [0.717, 1.165) is 19.8 Å². The van der Waals surface area contributed by atoms with E-state index in [4.69, 9.17) is 0 Å². The van der Waals surface area contributed by atoms with Crippen LogP contribution in [-0.4, -0.2) is 56.7 Å². The Labute approximate surface area is 76.7 Å². The number of likely N-dealkylation sites (N-methyl/N-ethyl adjacent to an activating group) is 2. The summed E-state index contributed by atoms with van der Waals surface area (Å²) in [5.41, 5.74) is 0. The molecular formula is C9H23N3. The SMILES string of the molecule is CC.CN(C)CC1CNCN1C. The highest BCUT2D eigenvalue weighted by atomic mass is 15.3. The molecule has 1 unspecified atom stereocenters. The second-order valence-electron chi connectivity index (χ2n) is 3.29. The standard InChI is InChI=1S/C7H17N3.C2H6/c1-9(2)5-7-4-8-6-10(7)3;1-2/h7-8H,4-6H2,1-3H3;1-2H3. The van der Waals surface area contributed by atoms with Crippen molar-refractivity contribution in [1.29, 1.82) is 0 Å². The average molecular weight is 173 g/mol. The van der Waals surface area contributed by atoms with Gasteiger partial charge < -0.3 is 10.2 Å². The minimum Gasteiger partial charge on any atom is -0.308 e. The molecule has 0 bridgehead atoms. The van der Waals surface area contributed by atoms with Gasteiger partial charge in [0, 0.05) is 25.8 Å². The first-order valence-electron chi connectivity index (χ1n) is 4.76. The van der Waals surface area contributed by atoms with Gasteiger partial charge in [-0.3, -0.25) is 4.90 Å². The van der Waals surface area contributed by atoms with Crippen LogP contribution in [0.4, 0.5) is 0 Å². The van der Waals surface area contributed by atoms with Gasteiger partial charge in [-0.1, -0.05) is 13.8 Å². The maximum atomic E-state index is 3.33. The zero-order valence-electron chi connectivity index (χ0n) is 9.09. The van der Waals surface area contributed by atoms with Crippen molar-refractivity contribution in [3.8, 4) is 0 Å². The van der Waals surface area contributed by atoms with Gasteiger partial charge in [0.05, 0.1) is 0 Å². The molecule has 0 radical (unpaired) electrons. The van der Waals surface area contributed by atoms with Gasteiger partial charge in [0.2, 0.25) is 0 Å². The molecule has 1 heterocycles. The van der Waals surface area contributed by atoms with Gasteiger partial charge in [0.1, 0.15) is 0 Å². The molecular weight excluding hydrogens is 150 g/mol. The van der Waals surface area contributed by atoms with Gasteiger partial charge in [0.15, 0.2) is 0 Å². The summed E-state index contributed by atoms with van der Waals surface area (Å²) in [6.45, 7) is 7.33. The average Bonchev–Trinajstić information content (AvgIpc) is 2.40. The first-order valence-corrected chi connectivity index (χ1v) is 4.76. The van der Waals surface area contributed by atoms with Gasteiger partial charge in [-0.05, 0) is 21.1 Å². The lowest BCUT2D eigenvalue weighted by molar-refractivity contribution is 0.250. The quantitative estimate of drug-likeness (QED) is 0.653. The van der Waals surface area contributed by atoms with Crippen LogP contribution in [0.15, 0.2) is 0 Å². The zero-order chi connectivity index (χ0) is 9.56. The molecule has 0 aromatic carbocycles. The molecule has 1 aliphatic heterocycles. The monoisotopic (exact) mass is 173 g/mol. The molecule has 3 nitrogen and oxygen atoms in total. The Bertz CT molecular complexity index is 104. The predicted octanol–water partition coefficient (Wildman–Crippen LogP) is 0.435. The first kappa shape index (κ1) is 11.9. The highest BCUT2D eigenvalue weighted by Gasteiger charge is 2.19. The fourth-order valence-electron chi connectivity index (χ4n) is 1.32. The molecule has 1 aliphatic rings. The maximum absolute atomic E-state index is 3.33. The number of nitrogens with one attached hydrogen (secondary N) is 1. The van der Waals surface area contributed by atoms with Crippen LogP contribution in [0.3, 0.4) is 0 Å². The Morgan fingerprint density at radius 1 is 1.42 bits per heavy atom. The van der Waals surface area contributed by atoms with E-state index in [0.29, 0.717) is 6.04 Å². The van der Waals surface area contributed by atoms with Crippen LogP contribution in [0.2, 0.25) is 0 Å². The molecule has 0 saturated carbocycles. The third-order valence-corrected chi connectivity index (χ3v) is 1.94. The second-order valence-corrected chi connectivity index (χ2v) is 3.29. The minimum atomic E-state index is 0.704. The molecule has 1 rings (SSSR count). The summed E-state index contributed by atoms with van der Waals surface area (Å²) in [5.74, 6) is 0. The van der Waals surface area contributed by atoms with E-state index in [1.54, 1.807) is 0 Å². The van der Waals surface area contributed by atoms with E-state index >= 15 is 0 Å². The summed E-state index contributed by atoms with van der Waals surface area (Å²) in [7, 11) is 6.40. The summed E-state index contributed by atoms with van der Waals surface area (Å²) in [5, 5.41) is 3.33. The van der Waals surface area contributed by atoms with E-state index in [2.05, 4.69) is 36.3 Å². The molecule has 74 valence electrons. The van der Waals surface area contributed by atoms with Crippen molar-refractivity contribution in [2.45, 2.75) is 19.9 Å². The van der Waals surface area contributed by atoms with Gasteiger partial charge in [-0.15, -0.1) is 0 Å². The van der Waals surface area contributed by atoms with Crippen LogP contribution in [0.25, 0.3) is 0 Å². The van der Waals surface area contributed by atoms with Crippen LogP contribution < -0.4 is 5.32 Å². The minimum absolute atomic E-state index is 0.704. The number of rotatable bonds is 2. The Balaban J connectivity index is 0.000000561. The Hall–Kier alpha value is -0.120. The smallest absolute Gasteiger partial charge is 0.0481 e. The van der Waals surface area contributed by atoms with Crippen molar-refractivity contribution >= 4 is 0 Å². The zero-order valence-corrected chi connectivity index (χ0v) is 9.09. The van der Waals surface area contributed by atoms with E-state index in [-0.39, 0.29) is 0 Å². The van der Waals surface area contributed by atoms with Crippen molar-refractivity contribution in [2.24, 2.45) is 0 Å². The van der Waals surface area contributed by atoms with Gasteiger partial charge in [-0.25, -0.2) is 0 Å². The molecule has 12 heavy (non-hydrogen) atoms.